The number of carbonyl (C=O) groups is 1. The Labute approximate surface area is 103 Å². The average molecular weight is 269 g/mol. The third kappa shape index (κ3) is 3.33. The zero-order valence-electron chi connectivity index (χ0n) is 10.1. The van der Waals surface area contributed by atoms with Crippen LogP contribution < -0.4 is 11.3 Å². The number of carbonyl (C=O) groups excluding carboxylic acids is 1. The number of likely N-dealkylation sites (tertiary alicyclic amines) is 1. The van der Waals surface area contributed by atoms with Crippen molar-refractivity contribution in [1.29, 1.82) is 0 Å². The van der Waals surface area contributed by atoms with Gasteiger partial charge in [-0.05, 0) is 12.8 Å². The standard InChI is InChI=1S/C10H18F3N3O2/c1-7(8(17)15-14)6-16-4-2-9(18,3-5-16)10(11,12)13/h7,18H,2-6,14H2,1H3,(H,15,17). The third-order valence-electron chi connectivity index (χ3n) is 3.33. The van der Waals surface area contributed by atoms with Gasteiger partial charge in [0.05, 0.1) is 0 Å². The molecule has 1 heterocycles. The summed E-state index contributed by atoms with van der Waals surface area (Å²) in [5.74, 6) is 4.22. The second-order valence-electron chi connectivity index (χ2n) is 4.74. The first-order valence-corrected chi connectivity index (χ1v) is 5.71. The number of nitrogens with two attached hydrogens (primary N) is 1. The molecule has 1 rings (SSSR count). The van der Waals surface area contributed by atoms with E-state index >= 15 is 0 Å². The van der Waals surface area contributed by atoms with Crippen molar-refractivity contribution in [2.24, 2.45) is 11.8 Å². The van der Waals surface area contributed by atoms with E-state index in [4.69, 9.17) is 5.84 Å². The Hall–Kier alpha value is -0.860. The summed E-state index contributed by atoms with van der Waals surface area (Å²) in [6.07, 6.45) is -5.33. The smallest absolute Gasteiger partial charge is 0.380 e. The molecule has 0 bridgehead atoms. The number of nitrogens with one attached hydrogen (secondary N) is 1. The lowest BCUT2D eigenvalue weighted by Crippen LogP contribution is -2.54. The number of hydrogen-bond donors (Lipinski definition) is 3. The molecular weight excluding hydrogens is 251 g/mol. The van der Waals surface area contributed by atoms with Gasteiger partial charge in [-0.15, -0.1) is 0 Å². The largest absolute Gasteiger partial charge is 0.417 e. The molecule has 0 radical (unpaired) electrons. The minimum Gasteiger partial charge on any atom is -0.380 e. The molecule has 0 aromatic carbocycles. The molecule has 4 N–H and O–H groups in total. The molecule has 5 nitrogen and oxygen atoms in total. The number of piperidine rings is 1. The van der Waals surface area contributed by atoms with Crippen molar-refractivity contribution in [3.05, 3.63) is 0 Å². The first kappa shape index (κ1) is 15.2. The lowest BCUT2D eigenvalue weighted by Gasteiger charge is -2.39. The number of halogens is 3. The fourth-order valence-corrected chi connectivity index (χ4v) is 2.00. The van der Waals surface area contributed by atoms with Crippen LogP contribution in [0.4, 0.5) is 13.2 Å². The van der Waals surface area contributed by atoms with E-state index in [1.165, 1.54) is 0 Å². The van der Waals surface area contributed by atoms with Crippen LogP contribution >= 0.6 is 0 Å². The highest BCUT2D eigenvalue weighted by atomic mass is 19.4. The zero-order valence-corrected chi connectivity index (χ0v) is 10.1. The first-order valence-electron chi connectivity index (χ1n) is 5.71. The second-order valence-corrected chi connectivity index (χ2v) is 4.74. The van der Waals surface area contributed by atoms with Crippen LogP contribution in [0, 0.1) is 5.92 Å². The SMILES string of the molecule is CC(CN1CCC(O)(C(F)(F)F)CC1)C(=O)NN. The Kier molecular flexibility index (Phi) is 4.57. The second kappa shape index (κ2) is 5.41. The molecule has 18 heavy (non-hydrogen) atoms. The molecule has 1 aliphatic rings. The summed E-state index contributed by atoms with van der Waals surface area (Å²) in [6.45, 7) is 2.19. The highest BCUT2D eigenvalue weighted by Gasteiger charge is 2.54. The fourth-order valence-electron chi connectivity index (χ4n) is 2.00. The quantitative estimate of drug-likeness (QED) is 0.383. The Morgan fingerprint density at radius 1 is 1.50 bits per heavy atom. The van der Waals surface area contributed by atoms with Crippen LogP contribution in [-0.4, -0.2) is 47.3 Å². The molecule has 1 saturated heterocycles. The number of nitrogens with zero attached hydrogens (tertiary/aromatic N) is 1. The summed E-state index contributed by atoms with van der Waals surface area (Å²) in [4.78, 5) is 12.9. The lowest BCUT2D eigenvalue weighted by atomic mass is 9.90. The molecule has 1 aliphatic heterocycles. The maximum Gasteiger partial charge on any atom is 0.417 e. The molecule has 1 atom stereocenters. The molecule has 0 aromatic heterocycles. The van der Waals surface area contributed by atoms with Gasteiger partial charge in [-0.2, -0.15) is 13.2 Å². The van der Waals surface area contributed by atoms with E-state index in [1.54, 1.807) is 11.8 Å². The van der Waals surface area contributed by atoms with Gasteiger partial charge < -0.3 is 10.0 Å². The monoisotopic (exact) mass is 269 g/mol. The number of amides is 1. The van der Waals surface area contributed by atoms with Crippen LogP contribution in [0.25, 0.3) is 0 Å². The number of rotatable bonds is 3. The van der Waals surface area contributed by atoms with Gasteiger partial charge in [-0.1, -0.05) is 6.92 Å². The van der Waals surface area contributed by atoms with Gasteiger partial charge >= 0.3 is 6.18 Å². The molecule has 0 aromatic rings. The summed E-state index contributed by atoms with van der Waals surface area (Å²) in [5.41, 5.74) is -0.595. The Morgan fingerprint density at radius 2 is 2.00 bits per heavy atom. The van der Waals surface area contributed by atoms with E-state index in [9.17, 15) is 23.1 Å². The predicted molar refractivity (Wildman–Crippen MR) is 58.2 cm³/mol. The maximum absolute atomic E-state index is 12.5. The van der Waals surface area contributed by atoms with Crippen molar-refractivity contribution >= 4 is 5.91 Å². The average Bonchev–Trinajstić information content (AvgIpc) is 2.29. The van der Waals surface area contributed by atoms with Crippen molar-refractivity contribution < 1.29 is 23.1 Å². The molecule has 106 valence electrons. The highest BCUT2D eigenvalue weighted by Crippen LogP contribution is 2.38. The summed E-state index contributed by atoms with van der Waals surface area (Å²) < 4.78 is 37.6. The van der Waals surface area contributed by atoms with E-state index in [1.807, 2.05) is 5.43 Å². The van der Waals surface area contributed by atoms with Crippen LogP contribution in [0.5, 0.6) is 0 Å². The van der Waals surface area contributed by atoms with E-state index in [-0.39, 0.29) is 31.8 Å². The summed E-state index contributed by atoms with van der Waals surface area (Å²) in [6, 6.07) is 0. The number of alkyl halides is 3. The molecular formula is C10H18F3N3O2. The van der Waals surface area contributed by atoms with Gasteiger partial charge in [-0.25, -0.2) is 5.84 Å². The molecule has 1 unspecified atom stereocenters. The molecule has 0 spiro atoms. The minimum atomic E-state index is -4.60. The van der Waals surface area contributed by atoms with Gasteiger partial charge in [0.1, 0.15) is 0 Å². The van der Waals surface area contributed by atoms with Gasteiger partial charge in [0, 0.05) is 25.6 Å². The van der Waals surface area contributed by atoms with Crippen LogP contribution in [0.2, 0.25) is 0 Å². The van der Waals surface area contributed by atoms with Crippen molar-refractivity contribution in [3.8, 4) is 0 Å². The topological polar surface area (TPSA) is 78.6 Å². The molecule has 0 saturated carbocycles. The van der Waals surface area contributed by atoms with Gasteiger partial charge in [0.25, 0.3) is 0 Å². The lowest BCUT2D eigenvalue weighted by molar-refractivity contribution is -0.272. The normalized spacial score (nSPS) is 22.6. The Morgan fingerprint density at radius 3 is 2.39 bits per heavy atom. The summed E-state index contributed by atoms with van der Waals surface area (Å²) >= 11 is 0. The molecule has 0 aliphatic carbocycles. The Bertz CT molecular complexity index is 301. The number of hydrogen-bond acceptors (Lipinski definition) is 4. The van der Waals surface area contributed by atoms with Gasteiger partial charge in [0.15, 0.2) is 5.60 Å². The molecule has 1 amide bonds. The first-order chi connectivity index (χ1) is 8.19. The third-order valence-corrected chi connectivity index (χ3v) is 3.33. The van der Waals surface area contributed by atoms with Crippen molar-refractivity contribution in [1.82, 2.24) is 10.3 Å². The van der Waals surface area contributed by atoms with Crippen LogP contribution in [0.1, 0.15) is 19.8 Å². The molecule has 8 heteroatoms. The van der Waals surface area contributed by atoms with Gasteiger partial charge in [0.2, 0.25) is 5.91 Å². The van der Waals surface area contributed by atoms with Crippen LogP contribution in [0.3, 0.4) is 0 Å². The van der Waals surface area contributed by atoms with Gasteiger partial charge in [-0.3, -0.25) is 10.2 Å². The molecule has 1 fully saturated rings. The predicted octanol–water partition coefficient (Wildman–Crippen LogP) is 0.00160. The highest BCUT2D eigenvalue weighted by molar-refractivity contribution is 5.77. The number of hydrazine groups is 1. The fraction of sp³-hybridized carbons (Fsp3) is 0.900. The zero-order chi connectivity index (χ0) is 14.0. The van der Waals surface area contributed by atoms with Crippen molar-refractivity contribution in [2.45, 2.75) is 31.5 Å². The summed E-state index contributed by atoms with van der Waals surface area (Å²) in [5, 5.41) is 9.46. The van der Waals surface area contributed by atoms with Crippen molar-refractivity contribution in [3.63, 3.8) is 0 Å². The van der Waals surface area contributed by atoms with E-state index in [0.717, 1.165) is 0 Å². The number of aliphatic hydroxyl groups is 1. The van der Waals surface area contributed by atoms with E-state index in [0.29, 0.717) is 6.54 Å². The maximum atomic E-state index is 12.5. The minimum absolute atomic E-state index is 0.109. The van der Waals surface area contributed by atoms with E-state index < -0.39 is 17.7 Å². The van der Waals surface area contributed by atoms with Crippen LogP contribution in [0.15, 0.2) is 0 Å². The van der Waals surface area contributed by atoms with Crippen molar-refractivity contribution in [2.75, 3.05) is 19.6 Å². The summed E-state index contributed by atoms with van der Waals surface area (Å²) in [7, 11) is 0. The Balaban J connectivity index is 2.47. The van der Waals surface area contributed by atoms with E-state index in [2.05, 4.69) is 0 Å². The van der Waals surface area contributed by atoms with Crippen LogP contribution in [-0.2, 0) is 4.79 Å².